The number of hydrogen-bond acceptors (Lipinski definition) is 4. The van der Waals surface area contributed by atoms with E-state index in [0.29, 0.717) is 10.4 Å². The van der Waals surface area contributed by atoms with E-state index in [1.807, 2.05) is 12.1 Å². The normalized spacial score (nSPS) is 9.94. The monoisotopic (exact) mass is 292 g/mol. The molecule has 17 heavy (non-hydrogen) atoms. The quantitative estimate of drug-likeness (QED) is 0.937. The van der Waals surface area contributed by atoms with Crippen molar-refractivity contribution in [3.63, 3.8) is 0 Å². The smallest absolute Gasteiger partial charge is 0.231 e. The second-order valence-electron chi connectivity index (χ2n) is 3.27. The highest BCUT2D eigenvalue weighted by Crippen LogP contribution is 2.06. The summed E-state index contributed by atoms with van der Waals surface area (Å²) in [5.41, 5.74) is 0.718. The molecular weight excluding hydrogens is 284 g/mol. The Morgan fingerprint density at radius 1 is 1.24 bits per heavy atom. The summed E-state index contributed by atoms with van der Waals surface area (Å²) in [6, 6.07) is 5.45. The Labute approximate surface area is 106 Å². The molecule has 0 saturated heterocycles. The van der Waals surface area contributed by atoms with Crippen LogP contribution in [0.5, 0.6) is 0 Å². The first-order valence-corrected chi connectivity index (χ1v) is 5.70. The number of amides is 1. The predicted octanol–water partition coefficient (Wildman–Crippen LogP) is 1.82. The van der Waals surface area contributed by atoms with Crippen LogP contribution in [0.3, 0.4) is 0 Å². The molecule has 0 bridgehead atoms. The van der Waals surface area contributed by atoms with Crippen LogP contribution in [-0.2, 0) is 11.2 Å². The minimum absolute atomic E-state index is 0.166. The van der Waals surface area contributed by atoms with E-state index in [1.165, 1.54) is 12.4 Å². The van der Waals surface area contributed by atoms with E-state index in [0.717, 1.165) is 5.69 Å². The summed E-state index contributed by atoms with van der Waals surface area (Å²) < 4.78 is 0.625. The molecule has 0 fully saturated rings. The Balaban J connectivity index is 1.96. The summed E-state index contributed by atoms with van der Waals surface area (Å²) in [6.07, 6.45) is 4.89. The fourth-order valence-electron chi connectivity index (χ4n) is 1.23. The van der Waals surface area contributed by atoms with E-state index in [4.69, 9.17) is 0 Å². The number of carbonyl (C=O) groups excluding carboxylic acids is 1. The van der Waals surface area contributed by atoms with Gasteiger partial charge in [-0.2, -0.15) is 0 Å². The van der Waals surface area contributed by atoms with Crippen LogP contribution >= 0.6 is 15.9 Å². The summed E-state index contributed by atoms with van der Waals surface area (Å²) in [4.78, 5) is 23.7. The van der Waals surface area contributed by atoms with Gasteiger partial charge in [0.1, 0.15) is 4.60 Å². The Morgan fingerprint density at radius 3 is 2.76 bits per heavy atom. The van der Waals surface area contributed by atoms with Gasteiger partial charge in [-0.15, -0.1) is 0 Å². The molecule has 1 amide bonds. The van der Waals surface area contributed by atoms with Gasteiger partial charge in [0, 0.05) is 11.9 Å². The predicted molar refractivity (Wildman–Crippen MR) is 66.3 cm³/mol. The van der Waals surface area contributed by atoms with E-state index in [2.05, 4.69) is 36.2 Å². The van der Waals surface area contributed by atoms with Gasteiger partial charge in [0.05, 0.1) is 18.8 Å². The van der Waals surface area contributed by atoms with Gasteiger partial charge in [-0.3, -0.25) is 9.78 Å². The largest absolute Gasteiger partial charge is 0.309 e. The molecule has 2 aromatic heterocycles. The number of aromatic nitrogens is 3. The molecule has 0 unspecified atom stereocenters. The van der Waals surface area contributed by atoms with E-state index >= 15 is 0 Å². The Hall–Kier alpha value is -1.82. The molecule has 0 atom stereocenters. The topological polar surface area (TPSA) is 67.8 Å². The molecule has 5 nitrogen and oxygen atoms in total. The van der Waals surface area contributed by atoms with Crippen LogP contribution in [-0.4, -0.2) is 20.9 Å². The number of hydrogen-bond donors (Lipinski definition) is 1. The van der Waals surface area contributed by atoms with Gasteiger partial charge in [-0.25, -0.2) is 9.97 Å². The number of carbonyl (C=O) groups is 1. The van der Waals surface area contributed by atoms with Crippen molar-refractivity contribution in [1.29, 1.82) is 0 Å². The highest BCUT2D eigenvalue weighted by Gasteiger charge is 2.05. The van der Waals surface area contributed by atoms with E-state index in [9.17, 15) is 4.79 Å². The molecular formula is C11H9BrN4O. The first-order chi connectivity index (χ1) is 8.24. The van der Waals surface area contributed by atoms with Crippen LogP contribution in [0.2, 0.25) is 0 Å². The number of pyridine rings is 1. The SMILES string of the molecule is O=C(Cc1ccccn1)Nc1cnc(Br)cn1. The summed E-state index contributed by atoms with van der Waals surface area (Å²) in [7, 11) is 0. The van der Waals surface area contributed by atoms with Crippen LogP contribution in [0, 0.1) is 0 Å². The number of anilines is 1. The molecule has 1 N–H and O–H groups in total. The third kappa shape index (κ3) is 3.60. The Bertz CT molecular complexity index is 501. The highest BCUT2D eigenvalue weighted by molar-refractivity contribution is 9.10. The molecule has 2 heterocycles. The van der Waals surface area contributed by atoms with Gasteiger partial charge in [0.2, 0.25) is 5.91 Å². The van der Waals surface area contributed by atoms with Crippen LogP contribution in [0.25, 0.3) is 0 Å². The van der Waals surface area contributed by atoms with Crippen molar-refractivity contribution in [3.05, 3.63) is 47.1 Å². The lowest BCUT2D eigenvalue weighted by Crippen LogP contribution is -2.16. The lowest BCUT2D eigenvalue weighted by molar-refractivity contribution is -0.115. The third-order valence-corrected chi connectivity index (χ3v) is 2.37. The van der Waals surface area contributed by atoms with Crippen molar-refractivity contribution in [3.8, 4) is 0 Å². The minimum atomic E-state index is -0.166. The molecule has 86 valence electrons. The maximum Gasteiger partial charge on any atom is 0.231 e. The zero-order valence-corrected chi connectivity index (χ0v) is 10.4. The molecule has 2 rings (SSSR count). The summed E-state index contributed by atoms with van der Waals surface area (Å²) in [6.45, 7) is 0. The first-order valence-electron chi connectivity index (χ1n) is 4.91. The lowest BCUT2D eigenvalue weighted by Gasteiger charge is -2.03. The van der Waals surface area contributed by atoms with Gasteiger partial charge < -0.3 is 5.32 Å². The van der Waals surface area contributed by atoms with E-state index in [1.54, 1.807) is 12.3 Å². The Morgan fingerprint density at radius 2 is 2.12 bits per heavy atom. The molecule has 0 spiro atoms. The van der Waals surface area contributed by atoms with Crippen LogP contribution in [0.1, 0.15) is 5.69 Å². The molecule has 0 saturated carbocycles. The summed E-state index contributed by atoms with van der Waals surface area (Å²) in [5, 5.41) is 2.64. The molecule has 0 aliphatic rings. The standard InChI is InChI=1S/C11H9BrN4O/c12-9-6-15-10(7-14-9)16-11(17)5-8-3-1-2-4-13-8/h1-4,6-7H,5H2,(H,15,16,17). The lowest BCUT2D eigenvalue weighted by atomic mass is 10.2. The highest BCUT2D eigenvalue weighted by atomic mass is 79.9. The number of nitrogens with one attached hydrogen (secondary N) is 1. The van der Waals surface area contributed by atoms with Gasteiger partial charge in [-0.1, -0.05) is 6.07 Å². The van der Waals surface area contributed by atoms with Crippen molar-refractivity contribution in [2.75, 3.05) is 5.32 Å². The van der Waals surface area contributed by atoms with Crippen LogP contribution in [0.4, 0.5) is 5.82 Å². The van der Waals surface area contributed by atoms with Crippen molar-refractivity contribution in [1.82, 2.24) is 15.0 Å². The third-order valence-electron chi connectivity index (χ3n) is 1.96. The Kier molecular flexibility index (Phi) is 3.77. The zero-order chi connectivity index (χ0) is 12.1. The van der Waals surface area contributed by atoms with Crippen LogP contribution in [0.15, 0.2) is 41.4 Å². The molecule has 0 aliphatic carbocycles. The fourth-order valence-corrected chi connectivity index (χ4v) is 1.44. The van der Waals surface area contributed by atoms with Gasteiger partial charge >= 0.3 is 0 Å². The van der Waals surface area contributed by atoms with Crippen LogP contribution < -0.4 is 5.32 Å². The van der Waals surface area contributed by atoms with Gasteiger partial charge in [-0.05, 0) is 28.1 Å². The number of nitrogens with zero attached hydrogens (tertiary/aromatic N) is 3. The minimum Gasteiger partial charge on any atom is -0.309 e. The molecule has 0 radical (unpaired) electrons. The fraction of sp³-hybridized carbons (Fsp3) is 0.0909. The number of halogens is 1. The van der Waals surface area contributed by atoms with E-state index in [-0.39, 0.29) is 12.3 Å². The maximum absolute atomic E-state index is 11.6. The molecule has 6 heteroatoms. The second kappa shape index (κ2) is 5.49. The summed E-state index contributed by atoms with van der Waals surface area (Å²) in [5.74, 6) is 0.259. The second-order valence-corrected chi connectivity index (χ2v) is 4.08. The van der Waals surface area contributed by atoms with E-state index < -0.39 is 0 Å². The molecule has 0 aromatic carbocycles. The van der Waals surface area contributed by atoms with Crippen molar-refractivity contribution in [2.24, 2.45) is 0 Å². The average molecular weight is 293 g/mol. The molecule has 2 aromatic rings. The van der Waals surface area contributed by atoms with Crippen molar-refractivity contribution in [2.45, 2.75) is 6.42 Å². The first kappa shape index (κ1) is 11.7. The van der Waals surface area contributed by atoms with Crippen molar-refractivity contribution < 1.29 is 4.79 Å². The maximum atomic E-state index is 11.6. The van der Waals surface area contributed by atoms with Gasteiger partial charge in [0.15, 0.2) is 5.82 Å². The van der Waals surface area contributed by atoms with Gasteiger partial charge in [0.25, 0.3) is 0 Å². The number of rotatable bonds is 3. The summed E-state index contributed by atoms with van der Waals surface area (Å²) >= 11 is 3.17. The van der Waals surface area contributed by atoms with Crippen molar-refractivity contribution >= 4 is 27.7 Å². The zero-order valence-electron chi connectivity index (χ0n) is 8.80. The average Bonchev–Trinajstić information content (AvgIpc) is 2.33. The molecule has 0 aliphatic heterocycles.